The van der Waals surface area contributed by atoms with E-state index in [4.69, 9.17) is 4.74 Å². The Morgan fingerprint density at radius 3 is 2.59 bits per heavy atom. The average Bonchev–Trinajstić information content (AvgIpc) is 3.15. The molecule has 0 atom stereocenters. The molecule has 140 valence electrons. The first-order chi connectivity index (χ1) is 13.2. The Morgan fingerprint density at radius 1 is 1.07 bits per heavy atom. The van der Waals surface area contributed by atoms with Crippen LogP contribution in [0.15, 0.2) is 53.8 Å². The number of pyridine rings is 1. The normalized spacial score (nSPS) is 14.6. The Bertz CT molecular complexity index is 919. The summed E-state index contributed by atoms with van der Waals surface area (Å²) in [6.07, 6.45) is 1.91. The van der Waals surface area contributed by atoms with Crippen LogP contribution in [0.5, 0.6) is 5.75 Å². The summed E-state index contributed by atoms with van der Waals surface area (Å²) >= 11 is 1.43. The van der Waals surface area contributed by atoms with E-state index in [0.29, 0.717) is 5.75 Å². The van der Waals surface area contributed by atoms with Crippen LogP contribution in [-0.4, -0.2) is 64.4 Å². The molecule has 7 nitrogen and oxygen atoms in total. The number of thioether (sulfide) groups is 1. The highest BCUT2D eigenvalue weighted by atomic mass is 32.2. The van der Waals surface area contributed by atoms with Gasteiger partial charge in [0.15, 0.2) is 10.8 Å². The van der Waals surface area contributed by atoms with E-state index >= 15 is 0 Å². The molecule has 0 spiro atoms. The SMILES string of the molecule is COc1ccc(N2CCN(C(=O)CSc3nnc4ccccn34)CC2)cc1. The lowest BCUT2D eigenvalue weighted by molar-refractivity contribution is -0.128. The second kappa shape index (κ2) is 7.87. The van der Waals surface area contributed by atoms with Gasteiger partial charge in [0.1, 0.15) is 5.75 Å². The summed E-state index contributed by atoms with van der Waals surface area (Å²) in [5.41, 5.74) is 1.95. The van der Waals surface area contributed by atoms with Gasteiger partial charge in [-0.2, -0.15) is 0 Å². The molecule has 3 heterocycles. The summed E-state index contributed by atoms with van der Waals surface area (Å²) in [5.74, 6) is 1.37. The van der Waals surface area contributed by atoms with Gasteiger partial charge in [0.05, 0.1) is 12.9 Å². The number of benzene rings is 1. The summed E-state index contributed by atoms with van der Waals surface area (Å²) < 4.78 is 7.11. The minimum absolute atomic E-state index is 0.141. The minimum Gasteiger partial charge on any atom is -0.497 e. The number of amides is 1. The second-order valence-corrected chi connectivity index (χ2v) is 7.21. The van der Waals surface area contributed by atoms with Crippen molar-refractivity contribution >= 4 is 29.0 Å². The maximum atomic E-state index is 12.6. The highest BCUT2D eigenvalue weighted by molar-refractivity contribution is 7.99. The van der Waals surface area contributed by atoms with Gasteiger partial charge in [-0.15, -0.1) is 10.2 Å². The summed E-state index contributed by atoms with van der Waals surface area (Å²) in [6.45, 7) is 3.12. The summed E-state index contributed by atoms with van der Waals surface area (Å²) in [4.78, 5) is 16.8. The van der Waals surface area contributed by atoms with Gasteiger partial charge in [-0.1, -0.05) is 17.8 Å². The van der Waals surface area contributed by atoms with Crippen molar-refractivity contribution in [1.29, 1.82) is 0 Å². The van der Waals surface area contributed by atoms with Gasteiger partial charge in [-0.25, -0.2) is 0 Å². The maximum absolute atomic E-state index is 12.6. The van der Waals surface area contributed by atoms with Crippen molar-refractivity contribution in [3.05, 3.63) is 48.7 Å². The molecule has 3 aromatic rings. The first kappa shape index (κ1) is 17.7. The van der Waals surface area contributed by atoms with E-state index in [1.807, 2.05) is 45.8 Å². The lowest BCUT2D eigenvalue weighted by atomic mass is 10.2. The van der Waals surface area contributed by atoms with E-state index in [2.05, 4.69) is 27.2 Å². The van der Waals surface area contributed by atoms with Crippen LogP contribution in [0.3, 0.4) is 0 Å². The number of hydrogen-bond acceptors (Lipinski definition) is 6. The predicted molar refractivity (Wildman–Crippen MR) is 105 cm³/mol. The van der Waals surface area contributed by atoms with Crippen molar-refractivity contribution in [2.45, 2.75) is 5.16 Å². The number of carbonyl (C=O) groups excluding carboxylic acids is 1. The quantitative estimate of drug-likeness (QED) is 0.630. The van der Waals surface area contributed by atoms with E-state index in [1.54, 1.807) is 7.11 Å². The smallest absolute Gasteiger partial charge is 0.233 e. The van der Waals surface area contributed by atoms with Crippen molar-refractivity contribution in [3.8, 4) is 5.75 Å². The molecule has 4 rings (SSSR count). The Kier molecular flexibility index (Phi) is 5.15. The standard InChI is InChI=1S/C19H21N5O2S/c1-26-16-7-5-15(6-8-16)22-10-12-23(13-11-22)18(25)14-27-19-21-20-17-4-2-3-9-24(17)19/h2-9H,10-14H2,1H3. The lowest BCUT2D eigenvalue weighted by Crippen LogP contribution is -2.49. The molecule has 1 aliphatic rings. The molecule has 1 aromatic carbocycles. The molecule has 0 aliphatic carbocycles. The largest absolute Gasteiger partial charge is 0.497 e. The van der Waals surface area contributed by atoms with Crippen molar-refractivity contribution < 1.29 is 9.53 Å². The van der Waals surface area contributed by atoms with Crippen LogP contribution >= 0.6 is 11.8 Å². The topological polar surface area (TPSA) is 63.0 Å². The van der Waals surface area contributed by atoms with Gasteiger partial charge in [0.25, 0.3) is 0 Å². The Balaban J connectivity index is 1.30. The number of methoxy groups -OCH3 is 1. The molecule has 0 unspecified atom stereocenters. The Labute approximate surface area is 161 Å². The van der Waals surface area contributed by atoms with Crippen LogP contribution in [0.4, 0.5) is 5.69 Å². The Morgan fingerprint density at radius 2 is 1.85 bits per heavy atom. The van der Waals surface area contributed by atoms with Crippen LogP contribution in [0.25, 0.3) is 5.65 Å². The molecule has 1 aliphatic heterocycles. The highest BCUT2D eigenvalue weighted by Crippen LogP contribution is 2.21. The molecule has 27 heavy (non-hydrogen) atoms. The second-order valence-electron chi connectivity index (χ2n) is 6.27. The number of nitrogens with zero attached hydrogens (tertiary/aromatic N) is 5. The fraction of sp³-hybridized carbons (Fsp3) is 0.316. The van der Waals surface area contributed by atoms with E-state index < -0.39 is 0 Å². The molecule has 0 radical (unpaired) electrons. The van der Waals surface area contributed by atoms with Gasteiger partial charge < -0.3 is 14.5 Å². The van der Waals surface area contributed by atoms with Crippen LogP contribution in [0, 0.1) is 0 Å². The highest BCUT2D eigenvalue weighted by Gasteiger charge is 2.22. The average molecular weight is 383 g/mol. The summed E-state index contributed by atoms with van der Waals surface area (Å²) in [7, 11) is 1.67. The van der Waals surface area contributed by atoms with Gasteiger partial charge in [0.2, 0.25) is 5.91 Å². The molecule has 2 aromatic heterocycles. The molecule has 8 heteroatoms. The number of piperazine rings is 1. The molecule has 0 saturated carbocycles. The monoisotopic (exact) mass is 383 g/mol. The van der Waals surface area contributed by atoms with Crippen LogP contribution in [0.1, 0.15) is 0 Å². The van der Waals surface area contributed by atoms with E-state index in [0.717, 1.165) is 48.4 Å². The zero-order valence-corrected chi connectivity index (χ0v) is 15.9. The number of anilines is 1. The molecule has 0 bridgehead atoms. The third-order valence-electron chi connectivity index (χ3n) is 4.68. The lowest BCUT2D eigenvalue weighted by Gasteiger charge is -2.36. The number of fused-ring (bicyclic) bond motifs is 1. The number of aromatic nitrogens is 3. The summed E-state index contributed by atoms with van der Waals surface area (Å²) in [6, 6.07) is 13.8. The van der Waals surface area contributed by atoms with Gasteiger partial charge in [-0.05, 0) is 36.4 Å². The van der Waals surface area contributed by atoms with Crippen molar-refractivity contribution in [3.63, 3.8) is 0 Å². The molecular weight excluding hydrogens is 362 g/mol. The fourth-order valence-corrected chi connectivity index (χ4v) is 3.97. The van der Waals surface area contributed by atoms with Gasteiger partial charge in [-0.3, -0.25) is 9.20 Å². The van der Waals surface area contributed by atoms with Gasteiger partial charge in [0, 0.05) is 38.1 Å². The maximum Gasteiger partial charge on any atom is 0.233 e. The molecule has 1 saturated heterocycles. The molecule has 1 amide bonds. The molecule has 0 N–H and O–H groups in total. The zero-order chi connectivity index (χ0) is 18.6. The van der Waals surface area contributed by atoms with Crippen molar-refractivity contribution in [2.75, 3.05) is 43.9 Å². The fourth-order valence-electron chi connectivity index (χ4n) is 3.14. The van der Waals surface area contributed by atoms with E-state index in [9.17, 15) is 4.79 Å². The van der Waals surface area contributed by atoms with Crippen LogP contribution < -0.4 is 9.64 Å². The van der Waals surface area contributed by atoms with Crippen LogP contribution in [-0.2, 0) is 4.79 Å². The minimum atomic E-state index is 0.141. The van der Waals surface area contributed by atoms with Crippen molar-refractivity contribution in [1.82, 2.24) is 19.5 Å². The zero-order valence-electron chi connectivity index (χ0n) is 15.1. The summed E-state index contributed by atoms with van der Waals surface area (Å²) in [5, 5.41) is 9.03. The number of hydrogen-bond donors (Lipinski definition) is 0. The third kappa shape index (κ3) is 3.85. The third-order valence-corrected chi connectivity index (χ3v) is 5.60. The van der Waals surface area contributed by atoms with Crippen LogP contribution in [0.2, 0.25) is 0 Å². The van der Waals surface area contributed by atoms with Crippen molar-refractivity contribution in [2.24, 2.45) is 0 Å². The number of carbonyl (C=O) groups is 1. The predicted octanol–water partition coefficient (Wildman–Crippen LogP) is 2.18. The first-order valence-electron chi connectivity index (χ1n) is 8.84. The number of rotatable bonds is 5. The molecular formula is C19H21N5O2S. The number of ether oxygens (including phenoxy) is 1. The molecule has 1 fully saturated rings. The first-order valence-corrected chi connectivity index (χ1v) is 9.82. The van der Waals surface area contributed by atoms with E-state index in [1.165, 1.54) is 11.8 Å². The van der Waals surface area contributed by atoms with E-state index in [-0.39, 0.29) is 5.91 Å². The Hall–Kier alpha value is -2.74. The van der Waals surface area contributed by atoms with Gasteiger partial charge >= 0.3 is 0 Å².